The first kappa shape index (κ1) is 33.7. The lowest BCUT2D eigenvalue weighted by molar-refractivity contribution is -0.140. The summed E-state index contributed by atoms with van der Waals surface area (Å²) in [4.78, 5) is 29.5. The molecular formula is C35H38BrN3O5S. The minimum atomic E-state index is -3.89. The van der Waals surface area contributed by atoms with E-state index in [-0.39, 0.29) is 24.9 Å². The Kier molecular flexibility index (Phi) is 11.8. The summed E-state index contributed by atoms with van der Waals surface area (Å²) in [7, 11) is -3.89. The van der Waals surface area contributed by atoms with Gasteiger partial charge in [-0.25, -0.2) is 8.42 Å². The Balaban J connectivity index is 1.67. The van der Waals surface area contributed by atoms with E-state index in [1.807, 2.05) is 98.8 Å². The average Bonchev–Trinajstić information content (AvgIpc) is 3.03. The molecule has 0 fully saturated rings. The SMILES string of the molecule is CC[C@H](C)NC(=O)[C@H](Cc1ccccc1)N(Cc1ccc(Br)cc1)C(=O)CN(c1ccc(Oc2ccccc2)cc1)S(C)(=O)=O. The lowest BCUT2D eigenvalue weighted by Gasteiger charge is -2.34. The number of nitrogens with zero attached hydrogens (tertiary/aromatic N) is 2. The third kappa shape index (κ3) is 9.92. The molecule has 10 heteroatoms. The maximum atomic E-state index is 14.3. The molecule has 4 aromatic rings. The van der Waals surface area contributed by atoms with Crippen LogP contribution in [0.2, 0.25) is 0 Å². The fourth-order valence-electron chi connectivity index (χ4n) is 4.70. The number of para-hydroxylation sites is 1. The van der Waals surface area contributed by atoms with Gasteiger partial charge in [0.2, 0.25) is 21.8 Å². The van der Waals surface area contributed by atoms with Crippen LogP contribution in [-0.4, -0.2) is 50.0 Å². The third-order valence-electron chi connectivity index (χ3n) is 7.32. The highest BCUT2D eigenvalue weighted by Crippen LogP contribution is 2.26. The van der Waals surface area contributed by atoms with E-state index >= 15 is 0 Å². The summed E-state index contributed by atoms with van der Waals surface area (Å²) in [6.07, 6.45) is 2.04. The van der Waals surface area contributed by atoms with Crippen molar-refractivity contribution in [3.63, 3.8) is 0 Å². The Hall–Kier alpha value is -4.15. The zero-order valence-corrected chi connectivity index (χ0v) is 28.0. The van der Waals surface area contributed by atoms with E-state index in [2.05, 4.69) is 21.2 Å². The van der Waals surface area contributed by atoms with E-state index in [1.165, 1.54) is 4.90 Å². The van der Waals surface area contributed by atoms with E-state index in [1.54, 1.807) is 24.3 Å². The van der Waals surface area contributed by atoms with Crippen LogP contribution in [0.15, 0.2) is 114 Å². The van der Waals surface area contributed by atoms with Crippen molar-refractivity contribution in [1.29, 1.82) is 0 Å². The minimum Gasteiger partial charge on any atom is -0.457 e. The highest BCUT2D eigenvalue weighted by atomic mass is 79.9. The largest absolute Gasteiger partial charge is 0.457 e. The topological polar surface area (TPSA) is 96.0 Å². The number of nitrogens with one attached hydrogen (secondary N) is 1. The molecule has 0 aliphatic rings. The summed E-state index contributed by atoms with van der Waals surface area (Å²) < 4.78 is 34.0. The molecule has 0 radical (unpaired) electrons. The van der Waals surface area contributed by atoms with Gasteiger partial charge in [-0.15, -0.1) is 0 Å². The minimum absolute atomic E-state index is 0.107. The van der Waals surface area contributed by atoms with Gasteiger partial charge in [-0.1, -0.05) is 83.5 Å². The second-order valence-corrected chi connectivity index (χ2v) is 13.7. The van der Waals surface area contributed by atoms with Crippen molar-refractivity contribution in [2.75, 3.05) is 17.1 Å². The summed E-state index contributed by atoms with van der Waals surface area (Å²) >= 11 is 3.45. The first-order valence-corrected chi connectivity index (χ1v) is 17.4. The zero-order chi connectivity index (χ0) is 32.4. The number of anilines is 1. The number of rotatable bonds is 14. The van der Waals surface area contributed by atoms with Crippen molar-refractivity contribution in [3.05, 3.63) is 125 Å². The first-order valence-electron chi connectivity index (χ1n) is 14.7. The van der Waals surface area contributed by atoms with Gasteiger partial charge in [0.1, 0.15) is 24.1 Å². The molecule has 0 saturated heterocycles. The zero-order valence-electron chi connectivity index (χ0n) is 25.6. The van der Waals surface area contributed by atoms with Crippen molar-refractivity contribution in [2.24, 2.45) is 0 Å². The van der Waals surface area contributed by atoms with Gasteiger partial charge in [-0.3, -0.25) is 13.9 Å². The van der Waals surface area contributed by atoms with E-state index < -0.39 is 28.5 Å². The molecule has 0 aromatic heterocycles. The van der Waals surface area contributed by atoms with Gasteiger partial charge < -0.3 is 15.0 Å². The molecule has 1 N–H and O–H groups in total. The molecule has 236 valence electrons. The molecule has 0 saturated carbocycles. The van der Waals surface area contributed by atoms with Gasteiger partial charge in [0, 0.05) is 23.5 Å². The first-order chi connectivity index (χ1) is 21.5. The summed E-state index contributed by atoms with van der Waals surface area (Å²) in [6, 6.07) is 31.7. The highest BCUT2D eigenvalue weighted by molar-refractivity contribution is 9.10. The number of benzene rings is 4. The number of hydrogen-bond donors (Lipinski definition) is 1. The molecule has 0 aliphatic carbocycles. The van der Waals surface area contributed by atoms with Crippen LogP contribution in [0.4, 0.5) is 5.69 Å². The predicted molar refractivity (Wildman–Crippen MR) is 182 cm³/mol. The normalized spacial score (nSPS) is 12.5. The molecule has 2 amide bonds. The molecule has 0 heterocycles. The average molecular weight is 693 g/mol. The van der Waals surface area contributed by atoms with E-state index in [0.29, 0.717) is 17.2 Å². The molecule has 4 rings (SSSR count). The number of halogens is 1. The standard InChI is InChI=1S/C35H38BrN3O5S/c1-4-26(2)37-35(41)33(23-27-11-7-5-8-12-27)38(24-28-15-17-29(36)18-16-28)34(40)25-39(45(3,42)43)30-19-21-32(22-20-30)44-31-13-9-6-10-14-31/h5-22,26,33H,4,23-25H2,1-3H3,(H,37,41)/t26-,33-/m0/s1. The van der Waals surface area contributed by atoms with E-state index in [4.69, 9.17) is 4.74 Å². The van der Waals surface area contributed by atoms with Gasteiger partial charge in [-0.05, 0) is 73.0 Å². The Labute approximate surface area is 274 Å². The number of carbonyl (C=O) groups excluding carboxylic acids is 2. The van der Waals surface area contributed by atoms with Crippen LogP contribution in [0.5, 0.6) is 11.5 Å². The quantitative estimate of drug-likeness (QED) is 0.162. The van der Waals surface area contributed by atoms with Crippen molar-refractivity contribution in [3.8, 4) is 11.5 Å². The molecule has 4 aromatic carbocycles. The molecule has 0 unspecified atom stereocenters. The van der Waals surface area contributed by atoms with Crippen LogP contribution in [0, 0.1) is 0 Å². The lowest BCUT2D eigenvalue weighted by Crippen LogP contribution is -2.54. The fraction of sp³-hybridized carbons (Fsp3) is 0.257. The van der Waals surface area contributed by atoms with Crippen LogP contribution < -0.4 is 14.4 Å². The third-order valence-corrected chi connectivity index (χ3v) is 8.99. The molecule has 2 atom stereocenters. The van der Waals surface area contributed by atoms with Crippen molar-refractivity contribution in [1.82, 2.24) is 10.2 Å². The van der Waals surface area contributed by atoms with Gasteiger partial charge in [0.25, 0.3) is 0 Å². The maximum Gasteiger partial charge on any atom is 0.244 e. The van der Waals surface area contributed by atoms with Crippen molar-refractivity contribution >= 4 is 43.5 Å². The fourth-order valence-corrected chi connectivity index (χ4v) is 5.81. The van der Waals surface area contributed by atoms with Crippen LogP contribution in [-0.2, 0) is 32.6 Å². The Morgan fingerprint density at radius 2 is 1.40 bits per heavy atom. The molecule has 0 bridgehead atoms. The monoisotopic (exact) mass is 691 g/mol. The second kappa shape index (κ2) is 15.7. The maximum absolute atomic E-state index is 14.3. The van der Waals surface area contributed by atoms with Crippen LogP contribution >= 0.6 is 15.9 Å². The molecule has 8 nitrogen and oxygen atoms in total. The number of carbonyl (C=O) groups is 2. The number of amides is 2. The van der Waals surface area contributed by atoms with Gasteiger partial charge in [-0.2, -0.15) is 0 Å². The van der Waals surface area contributed by atoms with Gasteiger partial charge in [0.05, 0.1) is 11.9 Å². The van der Waals surface area contributed by atoms with E-state index in [0.717, 1.165) is 32.6 Å². The molecule has 45 heavy (non-hydrogen) atoms. The Morgan fingerprint density at radius 1 is 0.822 bits per heavy atom. The summed E-state index contributed by atoms with van der Waals surface area (Å²) in [6.45, 7) is 3.51. The van der Waals surface area contributed by atoms with Crippen molar-refractivity contribution in [2.45, 2.75) is 45.3 Å². The smallest absolute Gasteiger partial charge is 0.244 e. The number of hydrogen-bond acceptors (Lipinski definition) is 5. The van der Waals surface area contributed by atoms with Gasteiger partial charge >= 0.3 is 0 Å². The summed E-state index contributed by atoms with van der Waals surface area (Å²) in [5.74, 6) is 0.357. The van der Waals surface area contributed by atoms with Crippen molar-refractivity contribution < 1.29 is 22.7 Å². The molecule has 0 spiro atoms. The van der Waals surface area contributed by atoms with Crippen LogP contribution in [0.3, 0.4) is 0 Å². The molecular weight excluding hydrogens is 654 g/mol. The second-order valence-electron chi connectivity index (χ2n) is 10.9. The Morgan fingerprint density at radius 3 is 1.98 bits per heavy atom. The Bertz CT molecular complexity index is 1650. The number of ether oxygens (including phenoxy) is 1. The lowest BCUT2D eigenvalue weighted by atomic mass is 10.0. The summed E-state index contributed by atoms with van der Waals surface area (Å²) in [5, 5.41) is 3.04. The predicted octanol–water partition coefficient (Wildman–Crippen LogP) is 6.56. The van der Waals surface area contributed by atoms with Crippen LogP contribution in [0.25, 0.3) is 0 Å². The molecule has 0 aliphatic heterocycles. The summed E-state index contributed by atoms with van der Waals surface area (Å²) in [5.41, 5.74) is 1.98. The van der Waals surface area contributed by atoms with Crippen LogP contribution in [0.1, 0.15) is 31.4 Å². The van der Waals surface area contributed by atoms with E-state index in [9.17, 15) is 18.0 Å². The highest BCUT2D eigenvalue weighted by Gasteiger charge is 2.33. The van der Waals surface area contributed by atoms with Gasteiger partial charge in [0.15, 0.2) is 0 Å². The number of sulfonamides is 1.